The van der Waals surface area contributed by atoms with Crippen molar-refractivity contribution in [1.82, 2.24) is 9.97 Å². The van der Waals surface area contributed by atoms with Gasteiger partial charge in [0.2, 0.25) is 0 Å². The van der Waals surface area contributed by atoms with Crippen molar-refractivity contribution in [3.05, 3.63) is 44.8 Å². The Morgan fingerprint density at radius 1 is 1.00 bits per heavy atom. The summed E-state index contributed by atoms with van der Waals surface area (Å²) in [5, 5.41) is 1.49. The van der Waals surface area contributed by atoms with Crippen LogP contribution < -0.4 is 0 Å². The third-order valence-electron chi connectivity index (χ3n) is 2.81. The molecule has 0 bridgehead atoms. The maximum absolute atomic E-state index is 6.17. The summed E-state index contributed by atoms with van der Waals surface area (Å²) in [5.41, 5.74) is 2.52. The van der Waals surface area contributed by atoms with Crippen LogP contribution in [0.1, 0.15) is 31.2 Å². The number of halogens is 3. The van der Waals surface area contributed by atoms with Crippen LogP contribution in [0, 0.1) is 6.92 Å². The highest BCUT2D eigenvalue weighted by Gasteiger charge is 2.14. The molecule has 0 aliphatic heterocycles. The van der Waals surface area contributed by atoms with Gasteiger partial charge in [-0.2, -0.15) is 0 Å². The molecule has 0 unspecified atom stereocenters. The molecule has 0 N–H and O–H groups in total. The van der Waals surface area contributed by atoms with Gasteiger partial charge < -0.3 is 0 Å². The highest BCUT2D eigenvalue weighted by molar-refractivity contribution is 6.42. The summed E-state index contributed by atoms with van der Waals surface area (Å²) < 4.78 is 0. The molecule has 0 radical (unpaired) electrons. The second kappa shape index (κ2) is 5.66. The highest BCUT2D eigenvalue weighted by Crippen LogP contribution is 2.31. The fourth-order valence-corrected chi connectivity index (χ4v) is 2.16. The lowest BCUT2D eigenvalue weighted by atomic mass is 10.1. The van der Waals surface area contributed by atoms with Gasteiger partial charge in [-0.15, -0.1) is 0 Å². The summed E-state index contributed by atoms with van der Waals surface area (Å²) >= 11 is 18.2. The first-order valence-corrected chi connectivity index (χ1v) is 7.03. The number of aromatic nitrogens is 2. The molecular formula is C14H13Cl3N2. The van der Waals surface area contributed by atoms with E-state index in [0.29, 0.717) is 15.2 Å². The van der Waals surface area contributed by atoms with Crippen LogP contribution in [0.2, 0.25) is 15.2 Å². The van der Waals surface area contributed by atoms with Crippen LogP contribution in [0.4, 0.5) is 0 Å². The Kier molecular flexibility index (Phi) is 4.34. The lowest BCUT2D eigenvalue weighted by Gasteiger charge is -2.11. The molecule has 1 heterocycles. The van der Waals surface area contributed by atoms with Gasteiger partial charge in [0.1, 0.15) is 11.0 Å². The molecule has 2 aromatic rings. The molecule has 5 heteroatoms. The molecule has 2 nitrogen and oxygen atoms in total. The van der Waals surface area contributed by atoms with Gasteiger partial charge in [-0.05, 0) is 19.1 Å². The van der Waals surface area contributed by atoms with Crippen molar-refractivity contribution in [1.29, 1.82) is 0 Å². The zero-order valence-electron chi connectivity index (χ0n) is 10.8. The van der Waals surface area contributed by atoms with Gasteiger partial charge in [-0.3, -0.25) is 0 Å². The maximum Gasteiger partial charge on any atom is 0.136 e. The van der Waals surface area contributed by atoms with Crippen molar-refractivity contribution in [3.8, 4) is 11.3 Å². The molecule has 0 fully saturated rings. The molecule has 100 valence electrons. The van der Waals surface area contributed by atoms with E-state index in [-0.39, 0.29) is 5.92 Å². The molecule has 0 atom stereocenters. The van der Waals surface area contributed by atoms with Gasteiger partial charge in [0.15, 0.2) is 0 Å². The second-order valence-electron chi connectivity index (χ2n) is 4.63. The predicted octanol–water partition coefficient (Wildman–Crippen LogP) is 5.54. The van der Waals surface area contributed by atoms with Crippen molar-refractivity contribution in [2.75, 3.05) is 0 Å². The number of rotatable bonds is 2. The van der Waals surface area contributed by atoms with Gasteiger partial charge >= 0.3 is 0 Å². The van der Waals surface area contributed by atoms with Crippen molar-refractivity contribution in [3.63, 3.8) is 0 Å². The standard InChI is InChI=1S/C14H13Cl3N2/c1-7(2)14-18-12(8(3)13(17)19-14)9-4-5-10(15)11(16)6-9/h4-7H,1-3H3. The van der Waals surface area contributed by atoms with Crippen LogP contribution in [0.3, 0.4) is 0 Å². The van der Waals surface area contributed by atoms with Gasteiger partial charge in [-0.25, -0.2) is 9.97 Å². The Hall–Kier alpha value is -0.830. The molecule has 0 saturated heterocycles. The zero-order chi connectivity index (χ0) is 14.2. The number of benzene rings is 1. The molecule has 0 saturated carbocycles. The first-order chi connectivity index (χ1) is 8.90. The number of hydrogen-bond acceptors (Lipinski definition) is 2. The van der Waals surface area contributed by atoms with Gasteiger partial charge in [-0.1, -0.05) is 54.7 Å². The molecule has 0 amide bonds. The summed E-state index contributed by atoms with van der Waals surface area (Å²) in [4.78, 5) is 8.87. The number of nitrogens with zero attached hydrogens (tertiary/aromatic N) is 2. The minimum absolute atomic E-state index is 0.208. The summed E-state index contributed by atoms with van der Waals surface area (Å²) in [6.07, 6.45) is 0. The summed E-state index contributed by atoms with van der Waals surface area (Å²) in [7, 11) is 0. The Balaban J connectivity index is 2.63. The van der Waals surface area contributed by atoms with E-state index in [9.17, 15) is 0 Å². The Morgan fingerprint density at radius 2 is 1.68 bits per heavy atom. The largest absolute Gasteiger partial charge is 0.232 e. The monoisotopic (exact) mass is 314 g/mol. The summed E-state index contributed by atoms with van der Waals surface area (Å²) in [6.45, 7) is 5.95. The summed E-state index contributed by atoms with van der Waals surface area (Å²) in [5.74, 6) is 0.927. The molecule has 1 aromatic heterocycles. The van der Waals surface area contributed by atoms with E-state index in [4.69, 9.17) is 34.8 Å². The molecule has 0 aliphatic carbocycles. The van der Waals surface area contributed by atoms with Crippen LogP contribution in [0.5, 0.6) is 0 Å². The molecule has 0 spiro atoms. The topological polar surface area (TPSA) is 25.8 Å². The smallest absolute Gasteiger partial charge is 0.136 e. The van der Waals surface area contributed by atoms with Crippen LogP contribution in [0.25, 0.3) is 11.3 Å². The minimum Gasteiger partial charge on any atom is -0.232 e. The SMILES string of the molecule is Cc1c(Cl)nc(C(C)C)nc1-c1ccc(Cl)c(Cl)c1. The van der Waals surface area contributed by atoms with Crippen LogP contribution in [-0.4, -0.2) is 9.97 Å². The van der Waals surface area contributed by atoms with E-state index < -0.39 is 0 Å². The molecule has 1 aromatic carbocycles. The third kappa shape index (κ3) is 3.02. The normalized spacial score (nSPS) is 11.1. The van der Waals surface area contributed by atoms with E-state index in [2.05, 4.69) is 9.97 Å². The Labute approximate surface area is 127 Å². The third-order valence-corrected chi connectivity index (χ3v) is 3.92. The van der Waals surface area contributed by atoms with Gasteiger partial charge in [0.25, 0.3) is 0 Å². The van der Waals surface area contributed by atoms with Crippen molar-refractivity contribution in [2.24, 2.45) is 0 Å². The van der Waals surface area contributed by atoms with E-state index in [1.165, 1.54) is 0 Å². The Morgan fingerprint density at radius 3 is 2.26 bits per heavy atom. The Bertz CT molecular complexity index is 624. The quantitative estimate of drug-likeness (QED) is 0.680. The lowest BCUT2D eigenvalue weighted by molar-refractivity contribution is 0.773. The average Bonchev–Trinajstić information content (AvgIpc) is 2.35. The van der Waals surface area contributed by atoms with E-state index in [0.717, 1.165) is 22.6 Å². The van der Waals surface area contributed by atoms with E-state index in [1.807, 2.05) is 26.8 Å². The van der Waals surface area contributed by atoms with E-state index in [1.54, 1.807) is 12.1 Å². The molecular weight excluding hydrogens is 303 g/mol. The highest BCUT2D eigenvalue weighted by atomic mass is 35.5. The first kappa shape index (κ1) is 14.6. The van der Waals surface area contributed by atoms with Crippen molar-refractivity contribution >= 4 is 34.8 Å². The number of hydrogen-bond donors (Lipinski definition) is 0. The van der Waals surface area contributed by atoms with Crippen LogP contribution in [0.15, 0.2) is 18.2 Å². The first-order valence-electron chi connectivity index (χ1n) is 5.89. The maximum atomic E-state index is 6.17. The van der Waals surface area contributed by atoms with Gasteiger partial charge in [0, 0.05) is 17.0 Å². The molecule has 19 heavy (non-hydrogen) atoms. The van der Waals surface area contributed by atoms with Crippen molar-refractivity contribution in [2.45, 2.75) is 26.7 Å². The molecule has 0 aliphatic rings. The lowest BCUT2D eigenvalue weighted by Crippen LogP contribution is -2.02. The minimum atomic E-state index is 0.208. The summed E-state index contributed by atoms with van der Waals surface area (Å²) in [6, 6.07) is 5.42. The van der Waals surface area contributed by atoms with Crippen molar-refractivity contribution < 1.29 is 0 Å². The average molecular weight is 316 g/mol. The van der Waals surface area contributed by atoms with Crippen LogP contribution >= 0.6 is 34.8 Å². The van der Waals surface area contributed by atoms with Crippen LogP contribution in [-0.2, 0) is 0 Å². The predicted molar refractivity (Wildman–Crippen MR) is 81.3 cm³/mol. The zero-order valence-corrected chi connectivity index (χ0v) is 13.1. The van der Waals surface area contributed by atoms with Gasteiger partial charge in [0.05, 0.1) is 15.7 Å². The fourth-order valence-electron chi connectivity index (χ4n) is 1.69. The fraction of sp³-hybridized carbons (Fsp3) is 0.286. The molecule has 2 rings (SSSR count). The van der Waals surface area contributed by atoms with E-state index >= 15 is 0 Å². The second-order valence-corrected chi connectivity index (χ2v) is 5.80.